The van der Waals surface area contributed by atoms with Gasteiger partial charge in [0.05, 0.1) is 7.11 Å². The Morgan fingerprint density at radius 3 is 2.30 bits per heavy atom. The first-order valence-electron chi connectivity index (χ1n) is 7.27. The average Bonchev–Trinajstić information content (AvgIpc) is 2.60. The number of amides is 1. The molecule has 2 rings (SSSR count). The maximum Gasteiger partial charge on any atom is 0.346 e. The monoisotopic (exact) mass is 313 g/mol. The van der Waals surface area contributed by atoms with Crippen LogP contribution in [0.3, 0.4) is 0 Å². The lowest BCUT2D eigenvalue weighted by Gasteiger charge is -2.12. The predicted molar refractivity (Wildman–Crippen MR) is 86.2 cm³/mol. The molecule has 0 fully saturated rings. The summed E-state index contributed by atoms with van der Waals surface area (Å²) in [5.74, 6) is -0.112. The van der Waals surface area contributed by atoms with Crippen LogP contribution in [0.2, 0.25) is 0 Å². The number of methoxy groups -OCH3 is 1. The van der Waals surface area contributed by atoms with Crippen LogP contribution in [0, 0.1) is 0 Å². The van der Waals surface area contributed by atoms with E-state index in [-0.39, 0.29) is 5.91 Å². The van der Waals surface area contributed by atoms with Crippen LogP contribution in [0.5, 0.6) is 5.75 Å². The number of carbonyl (C=O) groups excluding carboxylic acids is 2. The number of rotatable bonds is 6. The zero-order valence-corrected chi connectivity index (χ0v) is 13.1. The van der Waals surface area contributed by atoms with Crippen LogP contribution in [0.25, 0.3) is 0 Å². The SMILES string of the molecule is COC(=O)[C@@H](C)Oc1ccc(C(=O)NCc2ccccc2)cc1. The normalized spacial score (nSPS) is 11.4. The van der Waals surface area contributed by atoms with Gasteiger partial charge in [-0.25, -0.2) is 4.79 Å². The van der Waals surface area contributed by atoms with Crippen molar-refractivity contribution in [1.82, 2.24) is 5.32 Å². The fourth-order valence-corrected chi connectivity index (χ4v) is 1.98. The van der Waals surface area contributed by atoms with Gasteiger partial charge in [-0.3, -0.25) is 4.79 Å². The molecule has 0 radical (unpaired) electrons. The Balaban J connectivity index is 1.91. The Bertz CT molecular complexity index is 652. The third-order valence-corrected chi connectivity index (χ3v) is 3.26. The lowest BCUT2D eigenvalue weighted by molar-refractivity contribution is -0.147. The average molecular weight is 313 g/mol. The molecule has 5 nitrogen and oxygen atoms in total. The van der Waals surface area contributed by atoms with Gasteiger partial charge in [-0.2, -0.15) is 0 Å². The first kappa shape index (κ1) is 16.5. The highest BCUT2D eigenvalue weighted by Gasteiger charge is 2.15. The standard InChI is InChI=1S/C18H19NO4/c1-13(18(21)22-2)23-16-10-8-15(9-11-16)17(20)19-12-14-6-4-3-5-7-14/h3-11,13H,12H2,1-2H3,(H,19,20)/t13-/m1/s1. The molecule has 0 heterocycles. The quantitative estimate of drug-likeness (QED) is 0.833. The number of nitrogens with one attached hydrogen (secondary N) is 1. The molecule has 2 aromatic carbocycles. The number of carbonyl (C=O) groups is 2. The van der Waals surface area contributed by atoms with Crippen molar-refractivity contribution in [1.29, 1.82) is 0 Å². The van der Waals surface area contributed by atoms with Crippen LogP contribution in [0.1, 0.15) is 22.8 Å². The second-order valence-electron chi connectivity index (χ2n) is 4.98. The van der Waals surface area contributed by atoms with E-state index in [4.69, 9.17) is 4.74 Å². The molecule has 1 N–H and O–H groups in total. The molecule has 1 atom stereocenters. The summed E-state index contributed by atoms with van der Waals surface area (Å²) < 4.78 is 10.0. The molecule has 120 valence electrons. The molecule has 0 bridgehead atoms. The van der Waals surface area contributed by atoms with E-state index in [1.165, 1.54) is 7.11 Å². The zero-order valence-electron chi connectivity index (χ0n) is 13.1. The Labute approximate surface area is 135 Å². The lowest BCUT2D eigenvalue weighted by atomic mass is 10.2. The van der Waals surface area contributed by atoms with E-state index in [1.807, 2.05) is 30.3 Å². The smallest absolute Gasteiger partial charge is 0.346 e. The van der Waals surface area contributed by atoms with Crippen molar-refractivity contribution in [3.8, 4) is 5.75 Å². The molecule has 0 unspecified atom stereocenters. The Kier molecular flexibility index (Phi) is 5.74. The number of ether oxygens (including phenoxy) is 2. The van der Waals surface area contributed by atoms with Crippen molar-refractivity contribution in [3.05, 3.63) is 65.7 Å². The number of benzene rings is 2. The Morgan fingerprint density at radius 2 is 1.70 bits per heavy atom. The van der Waals surface area contributed by atoms with E-state index in [2.05, 4.69) is 10.1 Å². The first-order valence-corrected chi connectivity index (χ1v) is 7.27. The van der Waals surface area contributed by atoms with Crippen LogP contribution in [0.4, 0.5) is 0 Å². The molecule has 1 amide bonds. The second-order valence-corrected chi connectivity index (χ2v) is 4.98. The lowest BCUT2D eigenvalue weighted by Crippen LogP contribution is -2.25. The summed E-state index contributed by atoms with van der Waals surface area (Å²) in [7, 11) is 1.31. The van der Waals surface area contributed by atoms with Gasteiger partial charge < -0.3 is 14.8 Å². The van der Waals surface area contributed by atoms with Crippen molar-refractivity contribution in [2.75, 3.05) is 7.11 Å². The Hall–Kier alpha value is -2.82. The Morgan fingerprint density at radius 1 is 1.04 bits per heavy atom. The largest absolute Gasteiger partial charge is 0.479 e. The molecule has 0 spiro atoms. The van der Waals surface area contributed by atoms with Gasteiger partial charge >= 0.3 is 5.97 Å². The summed E-state index contributed by atoms with van der Waals surface area (Å²) >= 11 is 0. The topological polar surface area (TPSA) is 64.6 Å². The van der Waals surface area contributed by atoms with Gasteiger partial charge in [0, 0.05) is 12.1 Å². The second kappa shape index (κ2) is 7.98. The third kappa shape index (κ3) is 4.85. The molecule has 0 saturated heterocycles. The van der Waals surface area contributed by atoms with Crippen LogP contribution in [0.15, 0.2) is 54.6 Å². The predicted octanol–water partition coefficient (Wildman–Crippen LogP) is 2.56. The highest BCUT2D eigenvalue weighted by Crippen LogP contribution is 2.14. The van der Waals surface area contributed by atoms with Crippen molar-refractivity contribution >= 4 is 11.9 Å². The minimum atomic E-state index is -0.697. The summed E-state index contributed by atoms with van der Waals surface area (Å²) in [6.45, 7) is 2.07. The van der Waals surface area contributed by atoms with Crippen molar-refractivity contribution in [3.63, 3.8) is 0 Å². The van der Waals surface area contributed by atoms with Gasteiger partial charge in [-0.15, -0.1) is 0 Å². The molecule has 0 aliphatic heterocycles. The summed E-state index contributed by atoms with van der Waals surface area (Å²) in [5, 5.41) is 2.85. The van der Waals surface area contributed by atoms with E-state index in [0.717, 1.165) is 5.56 Å². The van der Waals surface area contributed by atoms with Gasteiger partial charge in [0.15, 0.2) is 6.10 Å². The number of hydrogen-bond acceptors (Lipinski definition) is 4. The van der Waals surface area contributed by atoms with E-state index in [9.17, 15) is 9.59 Å². The summed E-state index contributed by atoms with van der Waals surface area (Å²) in [4.78, 5) is 23.4. The molecular weight excluding hydrogens is 294 g/mol. The van der Waals surface area contributed by atoms with Crippen LogP contribution in [-0.4, -0.2) is 25.1 Å². The molecular formula is C18H19NO4. The summed E-state index contributed by atoms with van der Waals surface area (Å²) in [6, 6.07) is 16.3. The van der Waals surface area contributed by atoms with Gasteiger partial charge in [-0.1, -0.05) is 30.3 Å². The zero-order chi connectivity index (χ0) is 16.7. The van der Waals surface area contributed by atoms with Crippen LogP contribution >= 0.6 is 0 Å². The fourth-order valence-electron chi connectivity index (χ4n) is 1.98. The van der Waals surface area contributed by atoms with Crippen LogP contribution < -0.4 is 10.1 Å². The number of hydrogen-bond donors (Lipinski definition) is 1. The molecule has 0 aliphatic rings. The number of esters is 1. The summed E-state index contributed by atoms with van der Waals surface area (Å²) in [5.41, 5.74) is 1.56. The molecule has 23 heavy (non-hydrogen) atoms. The van der Waals surface area contributed by atoms with E-state index < -0.39 is 12.1 Å². The minimum Gasteiger partial charge on any atom is -0.479 e. The van der Waals surface area contributed by atoms with Crippen molar-refractivity contribution < 1.29 is 19.1 Å². The highest BCUT2D eigenvalue weighted by molar-refractivity contribution is 5.94. The van der Waals surface area contributed by atoms with Crippen molar-refractivity contribution in [2.45, 2.75) is 19.6 Å². The maximum atomic E-state index is 12.1. The van der Waals surface area contributed by atoms with Crippen molar-refractivity contribution in [2.24, 2.45) is 0 Å². The van der Waals surface area contributed by atoms with E-state index in [1.54, 1.807) is 31.2 Å². The molecule has 0 aromatic heterocycles. The fraction of sp³-hybridized carbons (Fsp3) is 0.222. The molecule has 0 saturated carbocycles. The molecule has 0 aliphatic carbocycles. The maximum absolute atomic E-state index is 12.1. The van der Waals surface area contributed by atoms with Gasteiger partial charge in [0.25, 0.3) is 5.91 Å². The van der Waals surface area contributed by atoms with E-state index in [0.29, 0.717) is 17.9 Å². The van der Waals surface area contributed by atoms with Gasteiger partial charge in [0.2, 0.25) is 0 Å². The highest BCUT2D eigenvalue weighted by atomic mass is 16.6. The first-order chi connectivity index (χ1) is 11.1. The van der Waals surface area contributed by atoms with Gasteiger partial charge in [-0.05, 0) is 36.8 Å². The minimum absolute atomic E-state index is 0.165. The summed E-state index contributed by atoms with van der Waals surface area (Å²) in [6.07, 6.45) is -0.697. The molecule has 5 heteroatoms. The van der Waals surface area contributed by atoms with Crippen LogP contribution in [-0.2, 0) is 16.1 Å². The third-order valence-electron chi connectivity index (χ3n) is 3.26. The van der Waals surface area contributed by atoms with E-state index >= 15 is 0 Å². The van der Waals surface area contributed by atoms with Gasteiger partial charge in [0.1, 0.15) is 5.75 Å². The molecule has 2 aromatic rings.